The molecule has 1 aliphatic rings. The summed E-state index contributed by atoms with van der Waals surface area (Å²) >= 11 is 8.60. The summed E-state index contributed by atoms with van der Waals surface area (Å²) in [5, 5.41) is 13.5. The number of aliphatic hydroxyl groups is 1. The second kappa shape index (κ2) is 8.05. The zero-order valence-corrected chi connectivity index (χ0v) is 19.0. The van der Waals surface area contributed by atoms with Crippen LogP contribution in [0.4, 0.5) is 5.13 Å². The average Bonchev–Trinajstić information content (AvgIpc) is 3.52. The topological polar surface area (TPSA) is 79.7 Å². The number of aromatic nitrogens is 1. The molecule has 0 saturated carbocycles. The molecule has 1 atom stereocenters. The molecule has 0 fully saturated rings. The Labute approximate surface area is 196 Å². The third kappa shape index (κ3) is 3.37. The molecule has 1 amide bonds. The van der Waals surface area contributed by atoms with E-state index in [1.54, 1.807) is 61.0 Å². The summed E-state index contributed by atoms with van der Waals surface area (Å²) in [5.41, 5.74) is 1.35. The molecular formula is C23H15ClN2O4S2. The first-order chi connectivity index (χ1) is 15.5. The quantitative estimate of drug-likeness (QED) is 0.363. The fraction of sp³-hybridized carbons (Fsp3) is 0.0870. The van der Waals surface area contributed by atoms with Crippen molar-refractivity contribution >= 4 is 61.3 Å². The van der Waals surface area contributed by atoms with Crippen LogP contribution in [0.3, 0.4) is 0 Å². The van der Waals surface area contributed by atoms with Crippen LogP contribution >= 0.6 is 34.3 Å². The van der Waals surface area contributed by atoms with Gasteiger partial charge in [-0.05, 0) is 47.3 Å². The van der Waals surface area contributed by atoms with Gasteiger partial charge in [-0.25, -0.2) is 4.98 Å². The maximum absolute atomic E-state index is 13.3. The van der Waals surface area contributed by atoms with E-state index in [1.807, 2.05) is 6.07 Å². The first kappa shape index (κ1) is 20.7. The summed E-state index contributed by atoms with van der Waals surface area (Å²) in [6.07, 6.45) is 0. The van der Waals surface area contributed by atoms with Crippen molar-refractivity contribution < 1.29 is 19.4 Å². The molecule has 0 unspecified atom stereocenters. The van der Waals surface area contributed by atoms with E-state index in [0.29, 0.717) is 31.9 Å². The van der Waals surface area contributed by atoms with Gasteiger partial charge < -0.3 is 9.84 Å². The number of hydrogen-bond donors (Lipinski definition) is 1. The first-order valence-corrected chi connectivity index (χ1v) is 11.6. The van der Waals surface area contributed by atoms with Gasteiger partial charge in [0.2, 0.25) is 5.78 Å². The molecule has 0 saturated heterocycles. The zero-order chi connectivity index (χ0) is 22.4. The number of ether oxygens (including phenoxy) is 1. The normalized spacial score (nSPS) is 16.2. The molecule has 9 heteroatoms. The smallest absolute Gasteiger partial charge is 0.296 e. The highest BCUT2D eigenvalue weighted by Crippen LogP contribution is 2.44. The van der Waals surface area contributed by atoms with Crippen LogP contribution in [0.25, 0.3) is 10.2 Å². The summed E-state index contributed by atoms with van der Waals surface area (Å²) < 4.78 is 6.10. The number of ketones is 1. The van der Waals surface area contributed by atoms with E-state index in [0.717, 1.165) is 4.70 Å². The third-order valence-electron chi connectivity index (χ3n) is 5.17. The number of nitrogens with zero attached hydrogens (tertiary/aromatic N) is 2. The molecule has 1 aliphatic heterocycles. The molecule has 32 heavy (non-hydrogen) atoms. The predicted octanol–water partition coefficient (Wildman–Crippen LogP) is 5.80. The fourth-order valence-corrected chi connectivity index (χ4v) is 5.48. The molecule has 0 bridgehead atoms. The molecule has 4 aromatic rings. The van der Waals surface area contributed by atoms with Crippen molar-refractivity contribution in [3.8, 4) is 5.75 Å². The maximum atomic E-state index is 13.3. The highest BCUT2D eigenvalue weighted by molar-refractivity contribution is 7.22. The van der Waals surface area contributed by atoms with Crippen LogP contribution in [0.1, 0.15) is 21.3 Å². The van der Waals surface area contributed by atoms with Gasteiger partial charge in [-0.3, -0.25) is 14.5 Å². The number of anilines is 1. The molecule has 3 heterocycles. The lowest BCUT2D eigenvalue weighted by atomic mass is 9.95. The van der Waals surface area contributed by atoms with Crippen molar-refractivity contribution in [1.29, 1.82) is 0 Å². The first-order valence-electron chi connectivity index (χ1n) is 9.53. The van der Waals surface area contributed by atoms with Crippen LogP contribution in [0.5, 0.6) is 5.75 Å². The number of hydrogen-bond acceptors (Lipinski definition) is 7. The molecule has 5 rings (SSSR count). The summed E-state index contributed by atoms with van der Waals surface area (Å²) in [7, 11) is 1.58. The largest absolute Gasteiger partial charge is 0.503 e. The van der Waals surface area contributed by atoms with Gasteiger partial charge in [0.25, 0.3) is 5.91 Å². The molecular weight excluding hydrogens is 468 g/mol. The Hall–Kier alpha value is -3.20. The molecule has 1 N–H and O–H groups in total. The van der Waals surface area contributed by atoms with Crippen molar-refractivity contribution in [2.75, 3.05) is 12.0 Å². The third-order valence-corrected chi connectivity index (χ3v) is 7.31. The Morgan fingerprint density at radius 2 is 1.97 bits per heavy atom. The van der Waals surface area contributed by atoms with E-state index in [9.17, 15) is 14.7 Å². The monoisotopic (exact) mass is 482 g/mol. The fourth-order valence-electron chi connectivity index (χ4n) is 3.66. The predicted molar refractivity (Wildman–Crippen MR) is 126 cm³/mol. The van der Waals surface area contributed by atoms with E-state index in [1.165, 1.54) is 27.6 Å². The number of carbonyl (C=O) groups is 2. The Bertz CT molecular complexity index is 1380. The van der Waals surface area contributed by atoms with Crippen LogP contribution in [0.15, 0.2) is 71.3 Å². The number of rotatable bonds is 5. The standard InChI is InChI=1S/C23H15ClN2O4S2/c1-30-14-8-9-15-17(11-14)32-23(25-15)26-19(12-4-6-13(24)7-5-12)18(21(28)22(26)29)20(27)16-3-2-10-31-16/h2-11,19,28H,1H3/t19-/m0/s1. The molecule has 0 radical (unpaired) electrons. The van der Waals surface area contributed by atoms with Crippen molar-refractivity contribution in [3.63, 3.8) is 0 Å². The number of amides is 1. The van der Waals surface area contributed by atoms with Crippen LogP contribution < -0.4 is 9.64 Å². The molecule has 0 aliphatic carbocycles. The minimum Gasteiger partial charge on any atom is -0.503 e. The molecule has 160 valence electrons. The number of halogens is 1. The number of fused-ring (bicyclic) bond motifs is 1. The van der Waals surface area contributed by atoms with E-state index in [-0.39, 0.29) is 5.57 Å². The number of methoxy groups -OCH3 is 1. The lowest BCUT2D eigenvalue weighted by molar-refractivity contribution is -0.117. The van der Waals surface area contributed by atoms with Crippen LogP contribution in [0.2, 0.25) is 5.02 Å². The highest BCUT2D eigenvalue weighted by atomic mass is 35.5. The van der Waals surface area contributed by atoms with Gasteiger partial charge in [-0.15, -0.1) is 11.3 Å². The zero-order valence-electron chi connectivity index (χ0n) is 16.6. The van der Waals surface area contributed by atoms with Crippen molar-refractivity contribution in [2.24, 2.45) is 0 Å². The number of aliphatic hydroxyl groups excluding tert-OH is 1. The van der Waals surface area contributed by atoms with Crippen molar-refractivity contribution in [3.05, 3.63) is 86.8 Å². The number of carbonyl (C=O) groups excluding carboxylic acids is 2. The lowest BCUT2D eigenvalue weighted by Crippen LogP contribution is -2.30. The van der Waals surface area contributed by atoms with Crippen LogP contribution in [0, 0.1) is 0 Å². The van der Waals surface area contributed by atoms with Crippen molar-refractivity contribution in [1.82, 2.24) is 4.98 Å². The number of Topliss-reactive ketones (excluding diaryl/α,β-unsaturated/α-hetero) is 1. The van der Waals surface area contributed by atoms with Gasteiger partial charge in [0.15, 0.2) is 10.9 Å². The number of thiazole rings is 1. The summed E-state index contributed by atoms with van der Waals surface area (Å²) in [6.45, 7) is 0. The van der Waals surface area contributed by atoms with Crippen LogP contribution in [-0.2, 0) is 4.79 Å². The number of benzene rings is 2. The minimum atomic E-state index is -0.836. The highest BCUT2D eigenvalue weighted by Gasteiger charge is 2.46. The Morgan fingerprint density at radius 1 is 1.19 bits per heavy atom. The summed E-state index contributed by atoms with van der Waals surface area (Å²) in [5.74, 6) is -0.962. The summed E-state index contributed by atoms with van der Waals surface area (Å²) in [6, 6.07) is 14.9. The SMILES string of the molecule is COc1ccc2nc(N3C(=O)C(O)=C(C(=O)c4cccs4)[C@@H]3c3ccc(Cl)cc3)sc2c1. The Morgan fingerprint density at radius 3 is 2.66 bits per heavy atom. The van der Waals surface area contributed by atoms with Gasteiger partial charge in [-0.1, -0.05) is 41.1 Å². The van der Waals surface area contributed by atoms with Gasteiger partial charge in [0.1, 0.15) is 5.75 Å². The van der Waals surface area contributed by atoms with Gasteiger partial charge in [0, 0.05) is 5.02 Å². The molecule has 6 nitrogen and oxygen atoms in total. The lowest BCUT2D eigenvalue weighted by Gasteiger charge is -2.24. The maximum Gasteiger partial charge on any atom is 0.296 e. The second-order valence-corrected chi connectivity index (χ2v) is 9.42. The summed E-state index contributed by atoms with van der Waals surface area (Å²) in [4.78, 5) is 32.9. The van der Waals surface area contributed by atoms with Gasteiger partial charge in [-0.2, -0.15) is 0 Å². The van der Waals surface area contributed by atoms with E-state index < -0.39 is 23.5 Å². The van der Waals surface area contributed by atoms with E-state index in [4.69, 9.17) is 16.3 Å². The van der Waals surface area contributed by atoms with E-state index >= 15 is 0 Å². The van der Waals surface area contributed by atoms with E-state index in [2.05, 4.69) is 4.98 Å². The van der Waals surface area contributed by atoms with Crippen molar-refractivity contribution in [2.45, 2.75) is 6.04 Å². The molecule has 0 spiro atoms. The number of thiophene rings is 1. The second-order valence-electron chi connectivity index (χ2n) is 7.03. The Balaban J connectivity index is 1.67. The average molecular weight is 483 g/mol. The Kier molecular flexibility index (Phi) is 5.21. The minimum absolute atomic E-state index is 0.0246. The van der Waals surface area contributed by atoms with Crippen LogP contribution in [-0.4, -0.2) is 28.9 Å². The molecule has 2 aromatic carbocycles. The molecule has 2 aromatic heterocycles. The van der Waals surface area contributed by atoms with Gasteiger partial charge in [0.05, 0.1) is 33.8 Å². The van der Waals surface area contributed by atoms with Gasteiger partial charge >= 0.3 is 0 Å².